The fourth-order valence-corrected chi connectivity index (χ4v) is 2.75. The van der Waals surface area contributed by atoms with Crippen molar-refractivity contribution in [1.82, 2.24) is 10.2 Å². The van der Waals surface area contributed by atoms with Gasteiger partial charge in [-0.2, -0.15) is 0 Å². The van der Waals surface area contributed by atoms with Gasteiger partial charge in [-0.15, -0.1) is 0 Å². The van der Waals surface area contributed by atoms with Gasteiger partial charge in [0.25, 0.3) is 5.91 Å². The van der Waals surface area contributed by atoms with E-state index < -0.39 is 23.6 Å². The Labute approximate surface area is 145 Å². The highest BCUT2D eigenvalue weighted by Gasteiger charge is 2.51. The first-order valence-electron chi connectivity index (χ1n) is 7.96. The summed E-state index contributed by atoms with van der Waals surface area (Å²) in [4.78, 5) is 25.8. The van der Waals surface area contributed by atoms with E-state index in [4.69, 9.17) is 9.15 Å². The molecule has 0 radical (unpaired) electrons. The minimum Gasteiger partial charge on any atom is -0.491 e. The van der Waals surface area contributed by atoms with Crippen molar-refractivity contribution in [3.05, 3.63) is 54.0 Å². The molecule has 0 aliphatic carbocycles. The number of urea groups is 1. The quantitative estimate of drug-likeness (QED) is 0.780. The van der Waals surface area contributed by atoms with Crippen LogP contribution in [0.5, 0.6) is 5.75 Å². The van der Waals surface area contributed by atoms with E-state index >= 15 is 0 Å². The molecule has 7 heteroatoms. The fraction of sp³-hybridized carbons (Fsp3) is 0.333. The van der Waals surface area contributed by atoms with Crippen LogP contribution in [0, 0.1) is 6.92 Å². The molecule has 3 amide bonds. The molecule has 1 fully saturated rings. The number of aryl methyl sites for hydroxylation is 1. The Morgan fingerprint density at radius 2 is 2.12 bits per heavy atom. The van der Waals surface area contributed by atoms with Crippen LogP contribution in [0.15, 0.2) is 47.1 Å². The number of rotatable bonds is 6. The smallest absolute Gasteiger partial charge is 0.325 e. The molecule has 0 bridgehead atoms. The lowest BCUT2D eigenvalue weighted by atomic mass is 9.99. The maximum absolute atomic E-state index is 12.6. The number of hydrogen-bond donors (Lipinski definition) is 2. The van der Waals surface area contributed by atoms with E-state index in [1.807, 2.05) is 25.1 Å². The van der Waals surface area contributed by atoms with Crippen LogP contribution in [0.4, 0.5) is 4.79 Å². The van der Waals surface area contributed by atoms with Gasteiger partial charge in [0.1, 0.15) is 24.2 Å². The second-order valence-electron chi connectivity index (χ2n) is 6.23. The highest BCUT2D eigenvalue weighted by atomic mass is 16.5. The van der Waals surface area contributed by atoms with E-state index in [-0.39, 0.29) is 13.2 Å². The zero-order valence-corrected chi connectivity index (χ0v) is 14.1. The molecule has 3 rings (SSSR count). The van der Waals surface area contributed by atoms with E-state index in [0.29, 0.717) is 11.5 Å². The summed E-state index contributed by atoms with van der Waals surface area (Å²) in [5.41, 5.74) is -0.229. The zero-order valence-electron chi connectivity index (χ0n) is 14.1. The first-order chi connectivity index (χ1) is 11.9. The number of benzene rings is 1. The molecular formula is C18H20N2O5. The Morgan fingerprint density at radius 1 is 1.32 bits per heavy atom. The molecule has 1 aliphatic heterocycles. The number of imide groups is 1. The Hall–Kier alpha value is -2.80. The summed E-state index contributed by atoms with van der Waals surface area (Å²) in [6.45, 7) is 3.32. The van der Waals surface area contributed by atoms with Crippen molar-refractivity contribution in [2.75, 3.05) is 13.2 Å². The molecule has 25 heavy (non-hydrogen) atoms. The lowest BCUT2D eigenvalue weighted by Gasteiger charge is -2.20. The number of aliphatic hydroxyl groups is 1. The number of ether oxygens (including phenoxy) is 1. The third-order valence-corrected chi connectivity index (χ3v) is 4.11. The number of hydrogen-bond acceptors (Lipinski definition) is 5. The summed E-state index contributed by atoms with van der Waals surface area (Å²) in [6.07, 6.45) is 0.432. The van der Waals surface area contributed by atoms with Crippen molar-refractivity contribution in [3.63, 3.8) is 0 Å². The van der Waals surface area contributed by atoms with E-state index in [1.165, 1.54) is 6.26 Å². The minimum atomic E-state index is -1.27. The van der Waals surface area contributed by atoms with Gasteiger partial charge in [0.2, 0.25) is 0 Å². The monoisotopic (exact) mass is 344 g/mol. The molecule has 1 saturated heterocycles. The first kappa shape index (κ1) is 17.0. The summed E-state index contributed by atoms with van der Waals surface area (Å²) >= 11 is 0. The van der Waals surface area contributed by atoms with E-state index in [1.54, 1.807) is 25.1 Å². The van der Waals surface area contributed by atoms with Gasteiger partial charge >= 0.3 is 6.03 Å². The van der Waals surface area contributed by atoms with Crippen LogP contribution >= 0.6 is 0 Å². The fourth-order valence-electron chi connectivity index (χ4n) is 2.75. The molecule has 2 heterocycles. The van der Waals surface area contributed by atoms with Crippen molar-refractivity contribution in [1.29, 1.82) is 0 Å². The average Bonchev–Trinajstić information content (AvgIpc) is 3.18. The molecule has 1 aromatic carbocycles. The van der Waals surface area contributed by atoms with Gasteiger partial charge in [0, 0.05) is 0 Å². The van der Waals surface area contributed by atoms with Crippen LogP contribution in [-0.4, -0.2) is 41.2 Å². The van der Waals surface area contributed by atoms with Gasteiger partial charge in [-0.05, 0) is 43.7 Å². The van der Waals surface area contributed by atoms with E-state index in [9.17, 15) is 14.7 Å². The topological polar surface area (TPSA) is 92.0 Å². The summed E-state index contributed by atoms with van der Waals surface area (Å²) in [6, 6.07) is 10.1. The number of carbonyl (C=O) groups is 2. The molecule has 7 nitrogen and oxygen atoms in total. The van der Waals surface area contributed by atoms with Crippen LogP contribution in [0.3, 0.4) is 0 Å². The zero-order chi connectivity index (χ0) is 18.0. The Bertz CT molecular complexity index is 774. The molecule has 0 unspecified atom stereocenters. The van der Waals surface area contributed by atoms with Crippen LogP contribution in [0.2, 0.25) is 0 Å². The number of nitrogens with zero attached hydrogens (tertiary/aromatic N) is 1. The van der Waals surface area contributed by atoms with Crippen molar-refractivity contribution in [2.24, 2.45) is 0 Å². The van der Waals surface area contributed by atoms with Crippen molar-refractivity contribution in [2.45, 2.75) is 25.5 Å². The Balaban J connectivity index is 1.62. The van der Waals surface area contributed by atoms with Gasteiger partial charge in [0.05, 0.1) is 12.8 Å². The molecule has 132 valence electrons. The van der Waals surface area contributed by atoms with Crippen molar-refractivity contribution >= 4 is 11.9 Å². The number of β-amino-alcohol motifs (C(OH)–C–C–N with tert-alkyl or cyclic N) is 1. The Kier molecular flexibility index (Phi) is 4.50. The number of carbonyl (C=O) groups excluding carboxylic acids is 2. The molecule has 0 spiro atoms. The normalized spacial score (nSPS) is 21.3. The SMILES string of the molecule is Cc1cccc(OC[C@@H](O)CN2C(=O)N[C@@](C)(c3ccco3)C2=O)c1. The van der Waals surface area contributed by atoms with Gasteiger partial charge in [0.15, 0.2) is 5.54 Å². The summed E-state index contributed by atoms with van der Waals surface area (Å²) in [5, 5.41) is 12.8. The lowest BCUT2D eigenvalue weighted by molar-refractivity contribution is -0.132. The highest BCUT2D eigenvalue weighted by molar-refractivity contribution is 6.06. The minimum absolute atomic E-state index is 0.0298. The van der Waals surface area contributed by atoms with Gasteiger partial charge in [-0.1, -0.05) is 12.1 Å². The molecule has 2 aromatic rings. The molecular weight excluding hydrogens is 324 g/mol. The standard InChI is InChI=1S/C18H20N2O5/c1-12-5-3-6-14(9-12)25-11-13(21)10-20-16(22)18(2,19-17(20)23)15-7-4-8-24-15/h3-9,13,21H,10-11H2,1-2H3,(H,19,23)/t13-,18-/m0/s1. The van der Waals surface area contributed by atoms with Crippen LogP contribution in [0.1, 0.15) is 18.2 Å². The van der Waals surface area contributed by atoms with Crippen LogP contribution < -0.4 is 10.1 Å². The highest BCUT2D eigenvalue weighted by Crippen LogP contribution is 2.29. The maximum atomic E-state index is 12.6. The average molecular weight is 344 g/mol. The number of furan rings is 1. The van der Waals surface area contributed by atoms with Crippen molar-refractivity contribution in [3.8, 4) is 5.75 Å². The van der Waals surface area contributed by atoms with Gasteiger partial charge in [-0.3, -0.25) is 9.69 Å². The van der Waals surface area contributed by atoms with Gasteiger partial charge < -0.3 is 19.6 Å². The van der Waals surface area contributed by atoms with Crippen molar-refractivity contribution < 1.29 is 23.8 Å². The first-order valence-corrected chi connectivity index (χ1v) is 7.96. The predicted molar refractivity (Wildman–Crippen MR) is 89.0 cm³/mol. The number of nitrogens with one attached hydrogen (secondary N) is 1. The third-order valence-electron chi connectivity index (χ3n) is 4.11. The number of amides is 3. The Morgan fingerprint density at radius 3 is 2.80 bits per heavy atom. The summed E-state index contributed by atoms with van der Waals surface area (Å²) in [7, 11) is 0. The lowest BCUT2D eigenvalue weighted by Crippen LogP contribution is -2.42. The number of aliphatic hydroxyl groups excluding tert-OH is 1. The van der Waals surface area contributed by atoms with Crippen LogP contribution in [0.25, 0.3) is 0 Å². The van der Waals surface area contributed by atoms with Crippen LogP contribution in [-0.2, 0) is 10.3 Å². The van der Waals surface area contributed by atoms with E-state index in [0.717, 1.165) is 10.5 Å². The summed E-state index contributed by atoms with van der Waals surface area (Å²) < 4.78 is 10.8. The molecule has 1 aliphatic rings. The molecule has 2 N–H and O–H groups in total. The second-order valence-corrected chi connectivity index (χ2v) is 6.23. The second kappa shape index (κ2) is 6.60. The maximum Gasteiger partial charge on any atom is 0.325 e. The summed E-state index contributed by atoms with van der Waals surface area (Å²) in [5.74, 6) is 0.498. The predicted octanol–water partition coefficient (Wildman–Crippen LogP) is 1.79. The molecule has 0 saturated carbocycles. The van der Waals surface area contributed by atoms with E-state index in [2.05, 4.69) is 5.32 Å². The van der Waals surface area contributed by atoms with Gasteiger partial charge in [-0.25, -0.2) is 4.79 Å². The largest absolute Gasteiger partial charge is 0.491 e. The molecule has 2 atom stereocenters. The third kappa shape index (κ3) is 3.36. The molecule has 1 aromatic heterocycles.